The number of nitrogens with zero attached hydrogens (tertiary/aromatic N) is 3. The Morgan fingerprint density at radius 3 is 2.70 bits per heavy atom. The van der Waals surface area contributed by atoms with Gasteiger partial charge in [0.05, 0.1) is 17.7 Å². The van der Waals surface area contributed by atoms with Gasteiger partial charge < -0.3 is 14.9 Å². The zero-order valence-electron chi connectivity index (χ0n) is 14.0. The molecule has 0 aromatic heterocycles. The summed E-state index contributed by atoms with van der Waals surface area (Å²) in [6, 6.07) is 6.63. The molecule has 0 bridgehead atoms. The molecule has 0 saturated carbocycles. The van der Waals surface area contributed by atoms with Crippen molar-refractivity contribution in [2.75, 3.05) is 33.2 Å². The molecular weight excluding hydrogens is 293 g/mol. The van der Waals surface area contributed by atoms with Crippen LogP contribution in [0.3, 0.4) is 0 Å². The van der Waals surface area contributed by atoms with E-state index in [9.17, 15) is 9.50 Å². The van der Waals surface area contributed by atoms with Crippen LogP contribution >= 0.6 is 0 Å². The Morgan fingerprint density at radius 2 is 2.13 bits per heavy atom. The highest BCUT2D eigenvalue weighted by molar-refractivity contribution is 5.32. The van der Waals surface area contributed by atoms with Crippen LogP contribution in [0.1, 0.15) is 30.9 Å². The molecule has 4 nitrogen and oxygen atoms in total. The number of piperidine rings is 1. The van der Waals surface area contributed by atoms with Crippen LogP contribution in [0.4, 0.5) is 4.39 Å². The first-order valence-corrected chi connectivity index (χ1v) is 8.25. The molecule has 1 fully saturated rings. The van der Waals surface area contributed by atoms with Crippen molar-refractivity contribution in [3.05, 3.63) is 35.1 Å². The Bertz CT molecular complexity index is 548. The number of halogens is 1. The summed E-state index contributed by atoms with van der Waals surface area (Å²) in [7, 11) is 2.01. The van der Waals surface area contributed by atoms with Gasteiger partial charge in [0, 0.05) is 25.2 Å². The van der Waals surface area contributed by atoms with Gasteiger partial charge in [0.25, 0.3) is 0 Å². The minimum Gasteiger partial charge on any atom is -0.392 e. The number of likely N-dealkylation sites (tertiary alicyclic amines) is 1. The Morgan fingerprint density at radius 1 is 1.43 bits per heavy atom. The first-order chi connectivity index (χ1) is 11.0. The molecule has 0 amide bonds. The second-order valence-electron chi connectivity index (χ2n) is 6.71. The molecule has 1 aliphatic rings. The maximum Gasteiger partial charge on any atom is 0.129 e. The van der Waals surface area contributed by atoms with Gasteiger partial charge in [-0.25, -0.2) is 4.39 Å². The van der Waals surface area contributed by atoms with E-state index in [-0.39, 0.29) is 11.9 Å². The Balaban J connectivity index is 1.80. The summed E-state index contributed by atoms with van der Waals surface area (Å²) in [6.45, 7) is 6.13. The SMILES string of the molecule is C[C@@H](O)CN1CCC(CN(C)Cc2ccc(C#N)cc2F)CC1. The van der Waals surface area contributed by atoms with Crippen molar-refractivity contribution < 1.29 is 9.50 Å². The molecule has 1 aromatic carbocycles. The van der Waals surface area contributed by atoms with Crippen LogP contribution in [0.5, 0.6) is 0 Å². The van der Waals surface area contributed by atoms with Crippen LogP contribution in [0.25, 0.3) is 0 Å². The molecule has 2 rings (SSSR count). The number of β-amino-alcohol motifs (C(OH)–C–C–N with tert-alkyl or cyclic N) is 1. The fourth-order valence-corrected chi connectivity index (χ4v) is 3.27. The number of aliphatic hydroxyl groups is 1. The van der Waals surface area contributed by atoms with Gasteiger partial charge in [-0.1, -0.05) is 6.07 Å². The van der Waals surface area contributed by atoms with Gasteiger partial charge in [-0.05, 0) is 58.0 Å². The second-order valence-corrected chi connectivity index (χ2v) is 6.71. The van der Waals surface area contributed by atoms with Gasteiger partial charge in [-0.2, -0.15) is 5.26 Å². The van der Waals surface area contributed by atoms with Crippen LogP contribution in [-0.2, 0) is 6.54 Å². The third kappa shape index (κ3) is 5.58. The Kier molecular flexibility index (Phi) is 6.52. The van der Waals surface area contributed by atoms with E-state index in [1.165, 1.54) is 6.07 Å². The number of hydrogen-bond donors (Lipinski definition) is 1. The van der Waals surface area contributed by atoms with E-state index in [1.807, 2.05) is 20.0 Å². The zero-order chi connectivity index (χ0) is 16.8. The summed E-state index contributed by atoms with van der Waals surface area (Å²) in [5.41, 5.74) is 0.998. The quantitative estimate of drug-likeness (QED) is 0.873. The van der Waals surface area contributed by atoms with Crippen LogP contribution in [-0.4, -0.2) is 54.2 Å². The minimum absolute atomic E-state index is 0.270. The molecule has 1 aliphatic heterocycles. The average Bonchev–Trinajstić information content (AvgIpc) is 2.50. The summed E-state index contributed by atoms with van der Waals surface area (Å²) in [4.78, 5) is 4.46. The van der Waals surface area contributed by atoms with Crippen molar-refractivity contribution >= 4 is 0 Å². The summed E-state index contributed by atoms with van der Waals surface area (Å²) in [5, 5.41) is 18.2. The molecule has 23 heavy (non-hydrogen) atoms. The van der Waals surface area contributed by atoms with Gasteiger partial charge in [0.2, 0.25) is 0 Å². The van der Waals surface area contributed by atoms with E-state index in [0.717, 1.165) is 39.0 Å². The number of benzene rings is 1. The van der Waals surface area contributed by atoms with E-state index in [1.54, 1.807) is 12.1 Å². The Labute approximate surface area is 138 Å². The lowest BCUT2D eigenvalue weighted by atomic mass is 9.96. The molecule has 1 N–H and O–H groups in total. The summed E-state index contributed by atoms with van der Waals surface area (Å²) < 4.78 is 13.9. The summed E-state index contributed by atoms with van der Waals surface area (Å²) in [6.07, 6.45) is 1.97. The third-order valence-corrected chi connectivity index (χ3v) is 4.42. The minimum atomic E-state index is -0.303. The van der Waals surface area contributed by atoms with E-state index in [2.05, 4.69) is 9.80 Å². The maximum absolute atomic E-state index is 13.9. The molecule has 1 atom stereocenters. The van der Waals surface area contributed by atoms with Crippen LogP contribution < -0.4 is 0 Å². The largest absolute Gasteiger partial charge is 0.392 e. The smallest absolute Gasteiger partial charge is 0.129 e. The number of aliphatic hydroxyl groups excluding tert-OH is 1. The highest BCUT2D eigenvalue weighted by Crippen LogP contribution is 2.20. The van der Waals surface area contributed by atoms with E-state index in [0.29, 0.717) is 23.6 Å². The van der Waals surface area contributed by atoms with Crippen LogP contribution in [0, 0.1) is 23.1 Å². The lowest BCUT2D eigenvalue weighted by Crippen LogP contribution is -2.40. The lowest BCUT2D eigenvalue weighted by Gasteiger charge is -2.34. The van der Waals surface area contributed by atoms with Gasteiger partial charge in [0.15, 0.2) is 0 Å². The topological polar surface area (TPSA) is 50.5 Å². The fourth-order valence-electron chi connectivity index (χ4n) is 3.27. The van der Waals surface area contributed by atoms with Crippen molar-refractivity contribution in [1.82, 2.24) is 9.80 Å². The molecule has 0 aliphatic carbocycles. The first kappa shape index (κ1) is 17.9. The zero-order valence-corrected chi connectivity index (χ0v) is 14.0. The molecular formula is C18H26FN3O. The lowest BCUT2D eigenvalue weighted by molar-refractivity contribution is 0.0918. The average molecular weight is 319 g/mol. The normalized spacial score (nSPS) is 18.1. The number of hydrogen-bond acceptors (Lipinski definition) is 4. The molecule has 5 heteroatoms. The molecule has 126 valence electrons. The highest BCUT2D eigenvalue weighted by Gasteiger charge is 2.21. The van der Waals surface area contributed by atoms with E-state index < -0.39 is 0 Å². The maximum atomic E-state index is 13.9. The van der Waals surface area contributed by atoms with Crippen molar-refractivity contribution in [2.45, 2.75) is 32.4 Å². The first-order valence-electron chi connectivity index (χ1n) is 8.25. The van der Waals surface area contributed by atoms with E-state index >= 15 is 0 Å². The predicted octanol–water partition coefficient (Wildman–Crippen LogP) is 2.22. The highest BCUT2D eigenvalue weighted by atomic mass is 19.1. The summed E-state index contributed by atoms with van der Waals surface area (Å²) >= 11 is 0. The third-order valence-electron chi connectivity index (χ3n) is 4.42. The predicted molar refractivity (Wildman–Crippen MR) is 88.3 cm³/mol. The van der Waals surface area contributed by atoms with Gasteiger partial charge >= 0.3 is 0 Å². The Hall–Kier alpha value is -1.48. The standard InChI is InChI=1S/C18H26FN3O/c1-14(23)11-22-7-5-15(6-8-22)12-21(2)13-17-4-3-16(10-20)9-18(17)19/h3-4,9,14-15,23H,5-8,11-13H2,1-2H3/t14-/m1/s1. The van der Waals surface area contributed by atoms with Crippen molar-refractivity contribution in [3.63, 3.8) is 0 Å². The fraction of sp³-hybridized carbons (Fsp3) is 0.611. The van der Waals surface area contributed by atoms with Crippen LogP contribution in [0.15, 0.2) is 18.2 Å². The van der Waals surface area contributed by atoms with Gasteiger partial charge in [0.1, 0.15) is 5.82 Å². The van der Waals surface area contributed by atoms with Gasteiger partial charge in [-0.3, -0.25) is 0 Å². The van der Waals surface area contributed by atoms with Crippen LogP contribution in [0.2, 0.25) is 0 Å². The number of rotatable bonds is 6. The molecule has 1 heterocycles. The molecule has 0 radical (unpaired) electrons. The molecule has 1 aromatic rings. The second kappa shape index (κ2) is 8.39. The van der Waals surface area contributed by atoms with Crippen molar-refractivity contribution in [3.8, 4) is 6.07 Å². The molecule has 1 saturated heterocycles. The van der Waals surface area contributed by atoms with Crippen molar-refractivity contribution in [2.24, 2.45) is 5.92 Å². The van der Waals surface area contributed by atoms with Crippen molar-refractivity contribution in [1.29, 1.82) is 5.26 Å². The molecule has 0 spiro atoms. The van der Waals surface area contributed by atoms with Gasteiger partial charge in [-0.15, -0.1) is 0 Å². The number of nitriles is 1. The molecule has 0 unspecified atom stereocenters. The monoisotopic (exact) mass is 319 g/mol. The summed E-state index contributed by atoms with van der Waals surface area (Å²) in [5.74, 6) is 0.314. The van der Waals surface area contributed by atoms with E-state index in [4.69, 9.17) is 5.26 Å².